The van der Waals surface area contributed by atoms with E-state index in [0.717, 1.165) is 17.3 Å². The van der Waals surface area contributed by atoms with E-state index in [4.69, 9.17) is 0 Å². The van der Waals surface area contributed by atoms with Gasteiger partial charge in [0.1, 0.15) is 5.01 Å². The lowest BCUT2D eigenvalue weighted by atomic mass is 10.0. The van der Waals surface area contributed by atoms with Gasteiger partial charge in [-0.1, -0.05) is 0 Å². The van der Waals surface area contributed by atoms with Gasteiger partial charge in [0.05, 0.1) is 30.7 Å². The first-order valence-corrected chi connectivity index (χ1v) is 11.3. The van der Waals surface area contributed by atoms with Crippen LogP contribution in [0.2, 0.25) is 0 Å². The van der Waals surface area contributed by atoms with E-state index >= 15 is 0 Å². The fourth-order valence-electron chi connectivity index (χ4n) is 3.45. The van der Waals surface area contributed by atoms with E-state index in [2.05, 4.69) is 25.4 Å². The maximum atomic E-state index is 13.1. The minimum Gasteiger partial charge on any atom is -0.345 e. The maximum absolute atomic E-state index is 13.1. The molecule has 0 spiro atoms. The number of nitrogens with zero attached hydrogens (tertiary/aromatic N) is 5. The second-order valence-corrected chi connectivity index (χ2v) is 9.23. The zero-order chi connectivity index (χ0) is 26.3. The Balaban J connectivity index is 1.67. The number of alkyl halides is 6. The fraction of sp³-hybridized carbons (Fsp3) is 0.318. The van der Waals surface area contributed by atoms with Gasteiger partial charge in [0.25, 0.3) is 5.91 Å². The van der Waals surface area contributed by atoms with Gasteiger partial charge in [0.15, 0.2) is 0 Å². The van der Waals surface area contributed by atoms with E-state index in [1.165, 1.54) is 28.3 Å². The van der Waals surface area contributed by atoms with E-state index in [-0.39, 0.29) is 11.1 Å². The predicted molar refractivity (Wildman–Crippen MR) is 119 cm³/mol. The van der Waals surface area contributed by atoms with Crippen molar-refractivity contribution in [1.29, 1.82) is 0 Å². The first-order chi connectivity index (χ1) is 16.8. The van der Waals surface area contributed by atoms with Gasteiger partial charge in [-0.2, -0.15) is 31.4 Å². The number of thiazole rings is 1. The van der Waals surface area contributed by atoms with Crippen LogP contribution < -0.4 is 5.32 Å². The number of hydrogen-bond acceptors (Lipinski definition) is 6. The first kappa shape index (κ1) is 25.5. The van der Waals surface area contributed by atoms with Crippen LogP contribution in [0.3, 0.4) is 0 Å². The summed E-state index contributed by atoms with van der Waals surface area (Å²) in [5.41, 5.74) is 1.21. The van der Waals surface area contributed by atoms with E-state index in [1.54, 1.807) is 19.2 Å². The molecule has 3 heterocycles. The third kappa shape index (κ3) is 5.64. The zero-order valence-electron chi connectivity index (χ0n) is 18.8. The van der Waals surface area contributed by atoms with Crippen LogP contribution in [-0.2, 0) is 12.7 Å². The number of amides is 1. The Bertz CT molecular complexity index is 1390. The molecule has 0 radical (unpaired) electrons. The number of aryl methyl sites for hydroxylation is 2. The van der Waals surface area contributed by atoms with Gasteiger partial charge in [-0.3, -0.25) is 9.48 Å². The predicted octanol–water partition coefficient (Wildman–Crippen LogP) is 5.72. The van der Waals surface area contributed by atoms with Crippen molar-refractivity contribution in [3.8, 4) is 10.6 Å². The minimum atomic E-state index is -4.69. The smallest absolute Gasteiger partial charge is 0.345 e. The zero-order valence-corrected chi connectivity index (χ0v) is 19.6. The fourth-order valence-corrected chi connectivity index (χ4v) is 4.24. The van der Waals surface area contributed by atoms with E-state index in [9.17, 15) is 31.1 Å². The molecule has 3 aromatic heterocycles. The number of fused-ring (bicyclic) bond motifs is 1. The summed E-state index contributed by atoms with van der Waals surface area (Å²) < 4.78 is 77.8. The highest BCUT2D eigenvalue weighted by molar-refractivity contribution is 7.15. The Morgan fingerprint density at radius 3 is 2.33 bits per heavy atom. The maximum Gasteiger partial charge on any atom is 0.451 e. The number of hydrogen-bond donors (Lipinski definition) is 1. The van der Waals surface area contributed by atoms with Gasteiger partial charge in [-0.25, -0.2) is 15.0 Å². The van der Waals surface area contributed by atoms with Crippen molar-refractivity contribution in [2.75, 3.05) is 0 Å². The molecule has 36 heavy (non-hydrogen) atoms. The number of carbonyl (C=O) groups is 1. The van der Waals surface area contributed by atoms with Gasteiger partial charge in [0, 0.05) is 45.5 Å². The van der Waals surface area contributed by atoms with Gasteiger partial charge in [-0.05, 0) is 26.0 Å². The molecule has 0 aliphatic heterocycles. The normalized spacial score (nSPS) is 13.2. The van der Waals surface area contributed by atoms with Crippen molar-refractivity contribution in [1.82, 2.24) is 30.0 Å². The Labute approximate surface area is 204 Å². The summed E-state index contributed by atoms with van der Waals surface area (Å²) in [5, 5.41) is 7.84. The molecular weight excluding hydrogens is 510 g/mol. The molecule has 0 fully saturated rings. The van der Waals surface area contributed by atoms with Crippen LogP contribution in [0.25, 0.3) is 21.5 Å². The number of rotatable bonds is 6. The Morgan fingerprint density at radius 1 is 1.06 bits per heavy atom. The van der Waals surface area contributed by atoms with Crippen molar-refractivity contribution >= 4 is 28.1 Å². The lowest BCUT2D eigenvalue weighted by molar-refractivity contribution is -0.145. The molecule has 14 heteroatoms. The van der Waals surface area contributed by atoms with Crippen LogP contribution in [0.5, 0.6) is 0 Å². The standard InChI is InChI=1S/C22H18F6N6OS/c1-11-7-29-19(36-11)15-5-13(6-17-16(15)10-32-34(17)4-3-21(23,24)25)18(35)33-12(2)14-8-30-20(31-9-14)22(26,27)28/h5-10,12H,3-4H2,1-2H3,(H,33,35). The van der Waals surface area contributed by atoms with Gasteiger partial charge < -0.3 is 5.32 Å². The van der Waals surface area contributed by atoms with E-state index < -0.39 is 43.1 Å². The largest absolute Gasteiger partial charge is 0.451 e. The molecule has 1 N–H and O–H groups in total. The van der Waals surface area contributed by atoms with Crippen LogP contribution in [-0.4, -0.2) is 36.8 Å². The van der Waals surface area contributed by atoms with Crippen molar-refractivity contribution in [3.63, 3.8) is 0 Å². The van der Waals surface area contributed by atoms with Crippen LogP contribution in [0.4, 0.5) is 26.3 Å². The average Bonchev–Trinajstić information content (AvgIpc) is 3.42. The van der Waals surface area contributed by atoms with Crippen molar-refractivity contribution < 1.29 is 31.1 Å². The molecule has 1 amide bonds. The molecule has 1 atom stereocenters. The molecule has 4 aromatic rings. The lowest BCUT2D eigenvalue weighted by Gasteiger charge is -2.15. The quantitative estimate of drug-likeness (QED) is 0.324. The Kier molecular flexibility index (Phi) is 6.73. The van der Waals surface area contributed by atoms with Crippen LogP contribution in [0.15, 0.2) is 36.9 Å². The van der Waals surface area contributed by atoms with Crippen LogP contribution >= 0.6 is 11.3 Å². The Morgan fingerprint density at radius 2 is 1.75 bits per heavy atom. The van der Waals surface area contributed by atoms with Crippen molar-refractivity contribution in [2.24, 2.45) is 0 Å². The molecule has 0 bridgehead atoms. The molecule has 0 saturated heterocycles. The molecule has 0 aliphatic rings. The summed E-state index contributed by atoms with van der Waals surface area (Å²) in [6.45, 7) is 2.95. The summed E-state index contributed by atoms with van der Waals surface area (Å²) >= 11 is 1.35. The summed E-state index contributed by atoms with van der Waals surface area (Å²) in [7, 11) is 0. The second-order valence-electron chi connectivity index (χ2n) is 8.00. The summed E-state index contributed by atoms with van der Waals surface area (Å²) in [6.07, 6.45) is -5.17. The Hall–Kier alpha value is -3.55. The number of halogens is 6. The summed E-state index contributed by atoms with van der Waals surface area (Å²) in [4.78, 5) is 24.9. The molecule has 1 aromatic carbocycles. The van der Waals surface area contributed by atoms with E-state index in [0.29, 0.717) is 21.5 Å². The van der Waals surface area contributed by atoms with E-state index in [1.807, 2.05) is 6.92 Å². The highest BCUT2D eigenvalue weighted by Gasteiger charge is 2.34. The monoisotopic (exact) mass is 528 g/mol. The number of aromatic nitrogens is 5. The van der Waals surface area contributed by atoms with Gasteiger partial charge in [-0.15, -0.1) is 11.3 Å². The average molecular weight is 528 g/mol. The molecule has 190 valence electrons. The number of carbonyl (C=O) groups excluding carboxylic acids is 1. The molecule has 0 saturated carbocycles. The van der Waals surface area contributed by atoms with Crippen molar-refractivity contribution in [3.05, 3.63) is 58.7 Å². The first-order valence-electron chi connectivity index (χ1n) is 10.5. The second kappa shape index (κ2) is 9.48. The highest BCUT2D eigenvalue weighted by Crippen LogP contribution is 2.34. The molecular formula is C22H18F6N6OS. The molecule has 4 rings (SSSR count). The number of benzene rings is 1. The van der Waals surface area contributed by atoms with Crippen LogP contribution in [0, 0.1) is 6.92 Å². The molecule has 0 aliphatic carbocycles. The summed E-state index contributed by atoms with van der Waals surface area (Å²) in [5.74, 6) is -1.90. The topological polar surface area (TPSA) is 85.6 Å². The SMILES string of the molecule is Cc1cnc(-c2cc(C(=O)NC(C)c3cnc(C(F)(F)F)nc3)cc3c2cnn3CCC(F)(F)F)s1. The third-order valence-electron chi connectivity index (χ3n) is 5.26. The van der Waals surface area contributed by atoms with Gasteiger partial charge >= 0.3 is 12.4 Å². The summed E-state index contributed by atoms with van der Waals surface area (Å²) in [6, 6.07) is 2.23. The molecule has 7 nitrogen and oxygen atoms in total. The lowest BCUT2D eigenvalue weighted by Crippen LogP contribution is -2.27. The van der Waals surface area contributed by atoms with Gasteiger partial charge in [0.2, 0.25) is 5.82 Å². The molecule has 1 unspecified atom stereocenters. The highest BCUT2D eigenvalue weighted by atomic mass is 32.1. The van der Waals surface area contributed by atoms with Crippen LogP contribution in [0.1, 0.15) is 46.0 Å². The third-order valence-corrected chi connectivity index (χ3v) is 6.20. The minimum absolute atomic E-state index is 0.124. The van der Waals surface area contributed by atoms with Crippen molar-refractivity contribution in [2.45, 2.75) is 45.2 Å². The number of nitrogens with one attached hydrogen (secondary N) is 1.